The molecule has 15 heavy (non-hydrogen) atoms. The number of rotatable bonds is 2. The van der Waals surface area contributed by atoms with Gasteiger partial charge in [-0.1, -0.05) is 13.8 Å². The van der Waals surface area contributed by atoms with Crippen LogP contribution >= 0.6 is 0 Å². The molecule has 2 heteroatoms. The lowest BCUT2D eigenvalue weighted by atomic mass is 9.86. The van der Waals surface area contributed by atoms with Crippen molar-refractivity contribution in [2.75, 3.05) is 33.2 Å². The van der Waals surface area contributed by atoms with E-state index < -0.39 is 0 Å². The van der Waals surface area contributed by atoms with Crippen LogP contribution in [0, 0.1) is 11.8 Å². The Morgan fingerprint density at radius 3 is 2.13 bits per heavy atom. The van der Waals surface area contributed by atoms with Crippen molar-refractivity contribution in [2.45, 2.75) is 39.2 Å². The maximum atomic E-state index is 2.74. The first-order valence-corrected chi connectivity index (χ1v) is 6.59. The molecule has 0 aromatic carbocycles. The molecule has 0 aliphatic carbocycles. The maximum absolute atomic E-state index is 2.74. The number of likely N-dealkylation sites (tertiary alicyclic amines) is 2. The van der Waals surface area contributed by atoms with Gasteiger partial charge in [-0.3, -0.25) is 4.90 Å². The van der Waals surface area contributed by atoms with Crippen molar-refractivity contribution in [1.29, 1.82) is 0 Å². The second-order valence-electron chi connectivity index (χ2n) is 5.82. The highest BCUT2D eigenvalue weighted by Gasteiger charge is 2.29. The van der Waals surface area contributed by atoms with Crippen LogP contribution in [0.25, 0.3) is 0 Å². The van der Waals surface area contributed by atoms with Crippen LogP contribution in [0.2, 0.25) is 0 Å². The van der Waals surface area contributed by atoms with Crippen molar-refractivity contribution in [2.24, 2.45) is 11.8 Å². The standard InChI is InChI=1S/C13H26N2/c1-11(2)12-4-8-15(9-5-12)13-6-7-14(3)10-13/h11-13H,4-10H2,1-3H3. The molecule has 0 amide bonds. The van der Waals surface area contributed by atoms with Gasteiger partial charge in [0.1, 0.15) is 0 Å². The molecule has 2 heterocycles. The summed E-state index contributed by atoms with van der Waals surface area (Å²) in [5, 5.41) is 0. The Balaban J connectivity index is 1.78. The summed E-state index contributed by atoms with van der Waals surface area (Å²) >= 11 is 0. The van der Waals surface area contributed by atoms with Crippen molar-refractivity contribution in [3.05, 3.63) is 0 Å². The van der Waals surface area contributed by atoms with E-state index in [0.717, 1.165) is 17.9 Å². The van der Waals surface area contributed by atoms with Gasteiger partial charge in [-0.05, 0) is 57.8 Å². The summed E-state index contributed by atoms with van der Waals surface area (Å²) in [5.41, 5.74) is 0. The number of hydrogen-bond donors (Lipinski definition) is 0. The highest BCUT2D eigenvalue weighted by Crippen LogP contribution is 2.27. The molecule has 0 spiro atoms. The number of nitrogens with zero attached hydrogens (tertiary/aromatic N) is 2. The molecule has 0 saturated carbocycles. The minimum atomic E-state index is 0.864. The molecule has 1 unspecified atom stereocenters. The van der Waals surface area contributed by atoms with E-state index in [4.69, 9.17) is 0 Å². The highest BCUT2D eigenvalue weighted by molar-refractivity contribution is 4.85. The molecule has 0 N–H and O–H groups in total. The van der Waals surface area contributed by atoms with Gasteiger partial charge in [0.25, 0.3) is 0 Å². The summed E-state index contributed by atoms with van der Waals surface area (Å²) in [7, 11) is 2.25. The summed E-state index contributed by atoms with van der Waals surface area (Å²) in [6.07, 6.45) is 4.25. The molecule has 2 rings (SSSR count). The van der Waals surface area contributed by atoms with E-state index in [1.54, 1.807) is 0 Å². The predicted octanol–water partition coefficient (Wildman–Crippen LogP) is 2.06. The first kappa shape index (κ1) is 11.4. The van der Waals surface area contributed by atoms with E-state index >= 15 is 0 Å². The molecule has 2 aliphatic heterocycles. The van der Waals surface area contributed by atoms with Crippen molar-refractivity contribution < 1.29 is 0 Å². The molecule has 2 aliphatic rings. The van der Waals surface area contributed by atoms with Gasteiger partial charge < -0.3 is 4.90 Å². The Hall–Kier alpha value is -0.0800. The Bertz CT molecular complexity index is 195. The van der Waals surface area contributed by atoms with Crippen molar-refractivity contribution >= 4 is 0 Å². The second-order valence-corrected chi connectivity index (χ2v) is 5.82. The van der Waals surface area contributed by atoms with Gasteiger partial charge in [-0.2, -0.15) is 0 Å². The Morgan fingerprint density at radius 2 is 1.67 bits per heavy atom. The van der Waals surface area contributed by atoms with Crippen molar-refractivity contribution in [1.82, 2.24) is 9.80 Å². The van der Waals surface area contributed by atoms with Gasteiger partial charge in [0.15, 0.2) is 0 Å². The van der Waals surface area contributed by atoms with Crippen LogP contribution in [0.15, 0.2) is 0 Å². The third-order valence-corrected chi connectivity index (χ3v) is 4.40. The highest BCUT2D eigenvalue weighted by atomic mass is 15.2. The molecule has 1 atom stereocenters. The van der Waals surface area contributed by atoms with Gasteiger partial charge in [0.2, 0.25) is 0 Å². The third kappa shape index (κ3) is 2.73. The van der Waals surface area contributed by atoms with E-state index in [1.165, 1.54) is 45.4 Å². The number of piperidine rings is 1. The van der Waals surface area contributed by atoms with Crippen LogP contribution in [0.5, 0.6) is 0 Å². The molecular weight excluding hydrogens is 184 g/mol. The van der Waals surface area contributed by atoms with E-state index in [0.29, 0.717) is 0 Å². The maximum Gasteiger partial charge on any atom is 0.0235 e. The molecule has 0 aromatic rings. The van der Waals surface area contributed by atoms with E-state index in [9.17, 15) is 0 Å². The zero-order valence-corrected chi connectivity index (χ0v) is 10.6. The van der Waals surface area contributed by atoms with Gasteiger partial charge >= 0.3 is 0 Å². The number of hydrogen-bond acceptors (Lipinski definition) is 2. The van der Waals surface area contributed by atoms with Gasteiger partial charge in [-0.15, -0.1) is 0 Å². The molecule has 88 valence electrons. The van der Waals surface area contributed by atoms with E-state index in [-0.39, 0.29) is 0 Å². The third-order valence-electron chi connectivity index (χ3n) is 4.40. The van der Waals surface area contributed by atoms with Crippen LogP contribution in [0.1, 0.15) is 33.1 Å². The Morgan fingerprint density at radius 1 is 1.00 bits per heavy atom. The molecule has 2 saturated heterocycles. The first-order chi connectivity index (χ1) is 7.16. The van der Waals surface area contributed by atoms with Gasteiger partial charge in [0.05, 0.1) is 0 Å². The molecule has 2 fully saturated rings. The zero-order valence-electron chi connectivity index (χ0n) is 10.6. The van der Waals surface area contributed by atoms with Crippen LogP contribution in [0.3, 0.4) is 0 Å². The van der Waals surface area contributed by atoms with Crippen LogP contribution < -0.4 is 0 Å². The first-order valence-electron chi connectivity index (χ1n) is 6.59. The summed E-state index contributed by atoms with van der Waals surface area (Å²) in [6.45, 7) is 10.1. The SMILES string of the molecule is CC(C)C1CCN(C2CCN(C)C2)CC1. The smallest absolute Gasteiger partial charge is 0.0235 e. The lowest BCUT2D eigenvalue weighted by Gasteiger charge is -2.37. The van der Waals surface area contributed by atoms with Crippen LogP contribution in [-0.2, 0) is 0 Å². The zero-order chi connectivity index (χ0) is 10.8. The summed E-state index contributed by atoms with van der Waals surface area (Å²) in [4.78, 5) is 5.21. The van der Waals surface area contributed by atoms with E-state index in [2.05, 4.69) is 30.7 Å². The quantitative estimate of drug-likeness (QED) is 0.688. The Labute approximate surface area is 94.6 Å². The minimum Gasteiger partial charge on any atom is -0.305 e. The average Bonchev–Trinajstić information content (AvgIpc) is 2.65. The fraction of sp³-hybridized carbons (Fsp3) is 1.00. The monoisotopic (exact) mass is 210 g/mol. The molecular formula is C13H26N2. The molecule has 0 bridgehead atoms. The van der Waals surface area contributed by atoms with Gasteiger partial charge in [0, 0.05) is 12.6 Å². The van der Waals surface area contributed by atoms with Crippen molar-refractivity contribution in [3.63, 3.8) is 0 Å². The van der Waals surface area contributed by atoms with Crippen LogP contribution in [0.4, 0.5) is 0 Å². The van der Waals surface area contributed by atoms with Gasteiger partial charge in [-0.25, -0.2) is 0 Å². The molecule has 0 radical (unpaired) electrons. The fourth-order valence-electron chi connectivity index (χ4n) is 3.16. The van der Waals surface area contributed by atoms with Crippen LogP contribution in [-0.4, -0.2) is 49.1 Å². The predicted molar refractivity (Wildman–Crippen MR) is 65.0 cm³/mol. The summed E-state index contributed by atoms with van der Waals surface area (Å²) in [6, 6.07) is 0.864. The van der Waals surface area contributed by atoms with E-state index in [1.807, 2.05) is 0 Å². The molecule has 2 nitrogen and oxygen atoms in total. The summed E-state index contributed by atoms with van der Waals surface area (Å²) in [5.74, 6) is 1.87. The fourth-order valence-corrected chi connectivity index (χ4v) is 3.16. The topological polar surface area (TPSA) is 6.48 Å². The lowest BCUT2D eigenvalue weighted by Crippen LogP contribution is -2.43. The van der Waals surface area contributed by atoms with Crippen molar-refractivity contribution in [3.8, 4) is 0 Å². The Kier molecular flexibility index (Phi) is 3.68. The minimum absolute atomic E-state index is 0.864. The normalized spacial score (nSPS) is 31.6. The second kappa shape index (κ2) is 4.84. The lowest BCUT2D eigenvalue weighted by molar-refractivity contribution is 0.117. The largest absolute Gasteiger partial charge is 0.305 e. The molecule has 0 aromatic heterocycles. The number of likely N-dealkylation sites (N-methyl/N-ethyl adjacent to an activating group) is 1. The average molecular weight is 210 g/mol. The summed E-state index contributed by atoms with van der Waals surface area (Å²) < 4.78 is 0.